The van der Waals surface area contributed by atoms with E-state index in [1.807, 2.05) is 45.3 Å². The Morgan fingerprint density at radius 2 is 2.00 bits per heavy atom. The maximum absolute atomic E-state index is 12.1. The van der Waals surface area contributed by atoms with E-state index in [1.165, 1.54) is 0 Å². The summed E-state index contributed by atoms with van der Waals surface area (Å²) < 4.78 is 7.16. The number of aromatic nitrogens is 6. The molecule has 1 amide bonds. The Bertz CT molecular complexity index is 1240. The molecule has 0 aromatic carbocycles. The second kappa shape index (κ2) is 9.01. The third-order valence-electron chi connectivity index (χ3n) is 5.40. The maximum Gasteiger partial charge on any atom is 0.410 e. The number of nitrogens with zero attached hydrogens (tertiary/aromatic N) is 6. The number of amides is 1. The minimum absolute atomic E-state index is 0.245. The average Bonchev–Trinajstić information content (AvgIpc) is 3.45. The smallest absolute Gasteiger partial charge is 0.410 e. The first-order valence-electron chi connectivity index (χ1n) is 10.9. The van der Waals surface area contributed by atoms with Crippen LogP contribution >= 0.6 is 0 Å². The van der Waals surface area contributed by atoms with E-state index in [2.05, 4.69) is 38.0 Å². The van der Waals surface area contributed by atoms with E-state index in [0.717, 1.165) is 34.4 Å². The molecule has 0 saturated carbocycles. The zero-order valence-corrected chi connectivity index (χ0v) is 19.6. The van der Waals surface area contributed by atoms with Crippen molar-refractivity contribution < 1.29 is 9.53 Å². The Morgan fingerprint density at radius 1 is 1.18 bits per heavy atom. The van der Waals surface area contributed by atoms with Crippen LogP contribution in [0.1, 0.15) is 45.6 Å². The van der Waals surface area contributed by atoms with Gasteiger partial charge in [-0.05, 0) is 50.8 Å². The van der Waals surface area contributed by atoms with Crippen LogP contribution in [0.4, 0.5) is 4.79 Å². The van der Waals surface area contributed by atoms with E-state index in [1.54, 1.807) is 35.4 Å². The molecule has 9 heteroatoms. The van der Waals surface area contributed by atoms with Gasteiger partial charge < -0.3 is 14.6 Å². The molecule has 0 aliphatic carbocycles. The van der Waals surface area contributed by atoms with Crippen LogP contribution in [0, 0.1) is 0 Å². The van der Waals surface area contributed by atoms with Crippen molar-refractivity contribution in [3.63, 3.8) is 0 Å². The highest BCUT2D eigenvalue weighted by Crippen LogP contribution is 2.26. The van der Waals surface area contributed by atoms with Crippen molar-refractivity contribution in [1.82, 2.24) is 34.6 Å². The molecule has 0 fully saturated rings. The van der Waals surface area contributed by atoms with E-state index in [4.69, 9.17) is 4.74 Å². The molecular weight excluding hydrogens is 418 g/mol. The number of ether oxygens (including phenoxy) is 1. The molecule has 0 radical (unpaired) electrons. The molecule has 4 heterocycles. The summed E-state index contributed by atoms with van der Waals surface area (Å²) in [5, 5.41) is 4.48. The molecule has 172 valence electrons. The molecular formula is C24H29N7O2. The number of pyridine rings is 2. The predicted octanol–water partition coefficient (Wildman–Crippen LogP) is 4.57. The largest absolute Gasteiger partial charge is 0.444 e. The van der Waals surface area contributed by atoms with Gasteiger partial charge in [-0.15, -0.1) is 0 Å². The Balaban J connectivity index is 1.40. The highest BCUT2D eigenvalue weighted by atomic mass is 16.6. The average molecular weight is 448 g/mol. The van der Waals surface area contributed by atoms with Crippen LogP contribution in [0.5, 0.6) is 0 Å². The number of rotatable bonds is 6. The van der Waals surface area contributed by atoms with Crippen molar-refractivity contribution in [3.05, 3.63) is 54.9 Å². The molecule has 1 N–H and O–H groups in total. The zero-order chi connectivity index (χ0) is 23.6. The predicted molar refractivity (Wildman–Crippen MR) is 126 cm³/mol. The summed E-state index contributed by atoms with van der Waals surface area (Å²) in [4.78, 5) is 30.0. The van der Waals surface area contributed by atoms with Gasteiger partial charge in [0.15, 0.2) is 11.5 Å². The molecule has 4 rings (SSSR count). The number of nitrogens with one attached hydrogen (secondary N) is 1. The Labute approximate surface area is 192 Å². The lowest BCUT2D eigenvalue weighted by molar-refractivity contribution is 0.0295. The minimum Gasteiger partial charge on any atom is -0.444 e. The summed E-state index contributed by atoms with van der Waals surface area (Å²) >= 11 is 0. The molecule has 4 aromatic rings. The molecule has 1 unspecified atom stereocenters. The van der Waals surface area contributed by atoms with E-state index in [0.29, 0.717) is 12.2 Å². The van der Waals surface area contributed by atoms with Gasteiger partial charge in [0.05, 0.1) is 18.0 Å². The standard InChI is InChI=1S/C24H29N7O2/c1-16(9-11-30(5)23(32)33-24(2,3)4)17-6-7-20(26-12-17)31-14-18(13-29-31)19-8-10-25-22-21(19)27-15-28-22/h6-8,10,12-16H,9,11H2,1-5H3,(H,25,27,28). The number of hydrogen-bond acceptors (Lipinski definition) is 6. The number of imidazole rings is 1. The van der Waals surface area contributed by atoms with Crippen LogP contribution < -0.4 is 0 Å². The van der Waals surface area contributed by atoms with Crippen LogP contribution in [0.15, 0.2) is 49.3 Å². The maximum atomic E-state index is 12.1. The van der Waals surface area contributed by atoms with Crippen LogP contribution in [-0.2, 0) is 4.74 Å². The van der Waals surface area contributed by atoms with Gasteiger partial charge in [-0.1, -0.05) is 13.0 Å². The Kier molecular flexibility index (Phi) is 6.13. The summed E-state index contributed by atoms with van der Waals surface area (Å²) in [6.07, 6.45) is 9.50. The minimum atomic E-state index is -0.495. The van der Waals surface area contributed by atoms with Crippen molar-refractivity contribution in [2.45, 2.75) is 45.6 Å². The van der Waals surface area contributed by atoms with Crippen LogP contribution in [0.2, 0.25) is 0 Å². The van der Waals surface area contributed by atoms with Gasteiger partial charge in [0, 0.05) is 43.3 Å². The molecule has 4 aromatic heterocycles. The highest BCUT2D eigenvalue weighted by Gasteiger charge is 2.20. The molecule has 0 saturated heterocycles. The van der Waals surface area contributed by atoms with Gasteiger partial charge in [-0.2, -0.15) is 5.10 Å². The fraction of sp³-hybridized carbons (Fsp3) is 0.375. The SMILES string of the molecule is CC(CCN(C)C(=O)OC(C)(C)C)c1ccc(-n2cc(-c3ccnc4nc[nH]c34)cn2)nc1. The third kappa shape index (κ3) is 5.19. The number of hydrogen-bond donors (Lipinski definition) is 1. The third-order valence-corrected chi connectivity index (χ3v) is 5.40. The number of H-pyrrole nitrogens is 1. The van der Waals surface area contributed by atoms with Crippen molar-refractivity contribution in [1.29, 1.82) is 0 Å². The van der Waals surface area contributed by atoms with Gasteiger partial charge in [-0.25, -0.2) is 24.4 Å². The van der Waals surface area contributed by atoms with E-state index >= 15 is 0 Å². The van der Waals surface area contributed by atoms with Crippen molar-refractivity contribution in [3.8, 4) is 16.9 Å². The number of fused-ring (bicyclic) bond motifs is 1. The lowest BCUT2D eigenvalue weighted by Crippen LogP contribution is -2.35. The topological polar surface area (TPSA) is 102 Å². The number of carbonyl (C=O) groups excluding carboxylic acids is 1. The molecule has 9 nitrogen and oxygen atoms in total. The number of aromatic amines is 1. The summed E-state index contributed by atoms with van der Waals surface area (Å²) in [6.45, 7) is 8.34. The number of carbonyl (C=O) groups is 1. The van der Waals surface area contributed by atoms with Gasteiger partial charge in [0.25, 0.3) is 0 Å². The first kappa shape index (κ1) is 22.4. The second-order valence-corrected chi connectivity index (χ2v) is 9.17. The summed E-state index contributed by atoms with van der Waals surface area (Å²) in [6, 6.07) is 5.95. The van der Waals surface area contributed by atoms with E-state index in [9.17, 15) is 4.79 Å². The van der Waals surface area contributed by atoms with Crippen molar-refractivity contribution in [2.75, 3.05) is 13.6 Å². The fourth-order valence-corrected chi connectivity index (χ4v) is 3.49. The van der Waals surface area contributed by atoms with Gasteiger partial charge >= 0.3 is 6.09 Å². The van der Waals surface area contributed by atoms with E-state index < -0.39 is 5.60 Å². The second-order valence-electron chi connectivity index (χ2n) is 9.17. The Hall–Kier alpha value is -3.75. The molecule has 33 heavy (non-hydrogen) atoms. The van der Waals surface area contributed by atoms with Crippen LogP contribution in [0.25, 0.3) is 28.1 Å². The zero-order valence-electron chi connectivity index (χ0n) is 19.6. The first-order valence-corrected chi connectivity index (χ1v) is 10.9. The van der Waals surface area contributed by atoms with Crippen LogP contribution in [0.3, 0.4) is 0 Å². The first-order chi connectivity index (χ1) is 15.7. The quantitative estimate of drug-likeness (QED) is 0.465. The van der Waals surface area contributed by atoms with Gasteiger partial charge in [0.2, 0.25) is 0 Å². The Morgan fingerprint density at radius 3 is 2.73 bits per heavy atom. The van der Waals surface area contributed by atoms with Gasteiger partial charge in [0.1, 0.15) is 5.60 Å². The molecule has 0 bridgehead atoms. The lowest BCUT2D eigenvalue weighted by Gasteiger charge is -2.25. The van der Waals surface area contributed by atoms with Crippen molar-refractivity contribution in [2.24, 2.45) is 0 Å². The monoisotopic (exact) mass is 447 g/mol. The van der Waals surface area contributed by atoms with Gasteiger partial charge in [-0.3, -0.25) is 0 Å². The van der Waals surface area contributed by atoms with Crippen molar-refractivity contribution >= 4 is 17.3 Å². The molecule has 1 atom stereocenters. The highest BCUT2D eigenvalue weighted by molar-refractivity contribution is 5.88. The summed E-state index contributed by atoms with van der Waals surface area (Å²) in [5.41, 5.74) is 4.11. The normalized spacial score (nSPS) is 12.6. The van der Waals surface area contributed by atoms with Crippen LogP contribution in [-0.4, -0.2) is 59.9 Å². The molecule has 0 aliphatic heterocycles. The van der Waals surface area contributed by atoms with E-state index in [-0.39, 0.29) is 12.0 Å². The molecule has 0 aliphatic rings. The summed E-state index contributed by atoms with van der Waals surface area (Å²) in [5.74, 6) is 0.980. The fourth-order valence-electron chi connectivity index (χ4n) is 3.49. The summed E-state index contributed by atoms with van der Waals surface area (Å²) in [7, 11) is 1.76. The molecule has 0 spiro atoms. The lowest BCUT2D eigenvalue weighted by atomic mass is 9.99.